The molecule has 0 aliphatic heterocycles. The van der Waals surface area contributed by atoms with Gasteiger partial charge in [0.25, 0.3) is 5.91 Å². The Labute approximate surface area is 197 Å². The molecule has 0 aliphatic carbocycles. The topological polar surface area (TPSA) is 66.0 Å². The van der Waals surface area contributed by atoms with Crippen LogP contribution < -0.4 is 15.4 Å². The Balaban J connectivity index is 0.00000450. The standard InChI is InChI=1S/C23H32N4O2.HI/c1-5-24-23(26-17-18(2)29-21-12-7-6-8-13-21)25-15-14-19-10-9-11-20(16-19)22(28)27(3)4;/h6-13,16,18H,5,14-15,17H2,1-4H3,(H2,24,25,26);1H. The van der Waals surface area contributed by atoms with E-state index in [1.54, 1.807) is 19.0 Å². The van der Waals surface area contributed by atoms with E-state index in [0.29, 0.717) is 12.1 Å². The number of ether oxygens (including phenoxy) is 1. The summed E-state index contributed by atoms with van der Waals surface area (Å²) in [4.78, 5) is 18.3. The van der Waals surface area contributed by atoms with E-state index in [1.165, 1.54) is 0 Å². The molecule has 2 N–H and O–H groups in total. The molecule has 164 valence electrons. The van der Waals surface area contributed by atoms with Crippen molar-refractivity contribution in [2.45, 2.75) is 26.4 Å². The van der Waals surface area contributed by atoms with Crippen LogP contribution in [0.3, 0.4) is 0 Å². The lowest BCUT2D eigenvalue weighted by atomic mass is 10.1. The quantitative estimate of drug-likeness (QED) is 0.299. The van der Waals surface area contributed by atoms with E-state index in [1.807, 2.05) is 68.4 Å². The van der Waals surface area contributed by atoms with Crippen molar-refractivity contribution < 1.29 is 9.53 Å². The molecule has 0 saturated heterocycles. The highest BCUT2D eigenvalue weighted by Crippen LogP contribution is 2.11. The van der Waals surface area contributed by atoms with Crippen LogP contribution in [-0.4, -0.2) is 56.6 Å². The van der Waals surface area contributed by atoms with Gasteiger partial charge in [0.1, 0.15) is 11.9 Å². The van der Waals surface area contributed by atoms with Crippen molar-refractivity contribution in [3.63, 3.8) is 0 Å². The molecule has 2 aromatic carbocycles. The van der Waals surface area contributed by atoms with Gasteiger partial charge in [-0.15, -0.1) is 24.0 Å². The zero-order valence-electron chi connectivity index (χ0n) is 18.2. The molecular weight excluding hydrogens is 491 g/mol. The number of nitrogens with one attached hydrogen (secondary N) is 2. The van der Waals surface area contributed by atoms with Crippen molar-refractivity contribution in [3.05, 3.63) is 65.7 Å². The number of rotatable bonds is 9. The first kappa shape index (κ1) is 25.7. The minimum atomic E-state index is -0.0263. The number of carbonyl (C=O) groups excluding carboxylic acids is 1. The van der Waals surface area contributed by atoms with Gasteiger partial charge in [-0.1, -0.05) is 30.3 Å². The van der Waals surface area contributed by atoms with Crippen molar-refractivity contribution in [1.29, 1.82) is 0 Å². The summed E-state index contributed by atoms with van der Waals surface area (Å²) in [6, 6.07) is 17.5. The largest absolute Gasteiger partial charge is 0.489 e. The van der Waals surface area contributed by atoms with Crippen LogP contribution in [0.5, 0.6) is 5.75 Å². The van der Waals surface area contributed by atoms with Crippen molar-refractivity contribution in [2.24, 2.45) is 4.99 Å². The van der Waals surface area contributed by atoms with Crippen molar-refractivity contribution >= 4 is 35.8 Å². The fourth-order valence-electron chi connectivity index (χ4n) is 2.77. The molecule has 1 atom stereocenters. The molecule has 0 spiro atoms. The Bertz CT molecular complexity index is 797. The number of benzene rings is 2. The van der Waals surface area contributed by atoms with Crippen LogP contribution in [0.4, 0.5) is 0 Å². The number of carbonyl (C=O) groups is 1. The van der Waals surface area contributed by atoms with Gasteiger partial charge in [0.15, 0.2) is 5.96 Å². The van der Waals surface area contributed by atoms with E-state index < -0.39 is 0 Å². The van der Waals surface area contributed by atoms with Crippen LogP contribution in [0.2, 0.25) is 0 Å². The van der Waals surface area contributed by atoms with E-state index in [0.717, 1.165) is 36.8 Å². The van der Waals surface area contributed by atoms with Crippen molar-refractivity contribution in [2.75, 3.05) is 33.7 Å². The lowest BCUT2D eigenvalue weighted by molar-refractivity contribution is 0.0827. The molecule has 0 bridgehead atoms. The minimum Gasteiger partial charge on any atom is -0.489 e. The molecule has 0 aliphatic rings. The van der Waals surface area contributed by atoms with Gasteiger partial charge in [-0.05, 0) is 50.1 Å². The number of amides is 1. The van der Waals surface area contributed by atoms with Crippen LogP contribution in [0, 0.1) is 0 Å². The zero-order chi connectivity index (χ0) is 21.1. The van der Waals surface area contributed by atoms with Gasteiger partial charge in [0, 0.05) is 32.7 Å². The molecule has 2 rings (SSSR count). The van der Waals surface area contributed by atoms with Crippen molar-refractivity contribution in [3.8, 4) is 5.75 Å². The Morgan fingerprint density at radius 3 is 2.50 bits per heavy atom. The first-order valence-corrected chi connectivity index (χ1v) is 10.0. The molecule has 6 nitrogen and oxygen atoms in total. The van der Waals surface area contributed by atoms with E-state index >= 15 is 0 Å². The molecule has 0 saturated carbocycles. The average molecular weight is 524 g/mol. The fraction of sp³-hybridized carbons (Fsp3) is 0.391. The summed E-state index contributed by atoms with van der Waals surface area (Å²) in [6.45, 7) is 6.10. The van der Waals surface area contributed by atoms with Crippen LogP contribution >= 0.6 is 24.0 Å². The third kappa shape index (κ3) is 9.02. The monoisotopic (exact) mass is 524 g/mol. The molecule has 0 radical (unpaired) electrons. The zero-order valence-corrected chi connectivity index (χ0v) is 20.6. The Morgan fingerprint density at radius 2 is 1.83 bits per heavy atom. The first-order chi connectivity index (χ1) is 14.0. The van der Waals surface area contributed by atoms with Crippen LogP contribution in [0.1, 0.15) is 29.8 Å². The second-order valence-corrected chi connectivity index (χ2v) is 7.04. The fourth-order valence-corrected chi connectivity index (χ4v) is 2.77. The molecular formula is C23H33IN4O2. The summed E-state index contributed by atoms with van der Waals surface area (Å²) in [5.74, 6) is 1.62. The van der Waals surface area contributed by atoms with E-state index in [-0.39, 0.29) is 36.0 Å². The summed E-state index contributed by atoms with van der Waals surface area (Å²) < 4.78 is 5.87. The third-order valence-corrected chi connectivity index (χ3v) is 4.22. The lowest BCUT2D eigenvalue weighted by Gasteiger charge is -2.15. The number of aliphatic imine (C=N–C) groups is 1. The van der Waals surface area contributed by atoms with Gasteiger partial charge in [-0.3, -0.25) is 4.79 Å². The molecule has 7 heteroatoms. The van der Waals surface area contributed by atoms with Gasteiger partial charge in [-0.25, -0.2) is 4.99 Å². The normalized spacial score (nSPS) is 11.8. The summed E-state index contributed by atoms with van der Waals surface area (Å²) in [7, 11) is 3.52. The van der Waals surface area contributed by atoms with Crippen LogP contribution in [0.15, 0.2) is 59.6 Å². The highest BCUT2D eigenvalue weighted by atomic mass is 127. The molecule has 0 aromatic heterocycles. The smallest absolute Gasteiger partial charge is 0.253 e. The number of hydrogen-bond acceptors (Lipinski definition) is 3. The van der Waals surface area contributed by atoms with Crippen molar-refractivity contribution in [1.82, 2.24) is 15.5 Å². The number of guanidine groups is 1. The number of hydrogen-bond donors (Lipinski definition) is 2. The first-order valence-electron chi connectivity index (χ1n) is 10.0. The van der Waals surface area contributed by atoms with E-state index in [4.69, 9.17) is 4.74 Å². The maximum atomic E-state index is 12.1. The van der Waals surface area contributed by atoms with Gasteiger partial charge >= 0.3 is 0 Å². The van der Waals surface area contributed by atoms with Gasteiger partial charge in [-0.2, -0.15) is 0 Å². The minimum absolute atomic E-state index is 0. The maximum absolute atomic E-state index is 12.1. The van der Waals surface area contributed by atoms with Crippen LogP contribution in [-0.2, 0) is 6.42 Å². The van der Waals surface area contributed by atoms with Gasteiger partial charge in [0.05, 0.1) is 6.54 Å². The summed E-state index contributed by atoms with van der Waals surface area (Å²) in [5, 5.41) is 6.60. The summed E-state index contributed by atoms with van der Waals surface area (Å²) in [5.41, 5.74) is 1.82. The maximum Gasteiger partial charge on any atom is 0.253 e. The predicted octanol–water partition coefficient (Wildman–Crippen LogP) is 3.57. The summed E-state index contributed by atoms with van der Waals surface area (Å²) in [6.07, 6.45) is 0.774. The second kappa shape index (κ2) is 13.8. The molecule has 1 amide bonds. The third-order valence-electron chi connectivity index (χ3n) is 4.22. The molecule has 30 heavy (non-hydrogen) atoms. The number of para-hydroxylation sites is 1. The average Bonchev–Trinajstić information content (AvgIpc) is 2.72. The second-order valence-electron chi connectivity index (χ2n) is 7.04. The molecule has 2 aromatic rings. The molecule has 1 unspecified atom stereocenters. The molecule has 0 fully saturated rings. The predicted molar refractivity (Wildman–Crippen MR) is 134 cm³/mol. The van der Waals surface area contributed by atoms with Crippen LogP contribution in [0.25, 0.3) is 0 Å². The molecule has 0 heterocycles. The highest BCUT2D eigenvalue weighted by molar-refractivity contribution is 14.0. The Morgan fingerprint density at radius 1 is 1.10 bits per heavy atom. The Kier molecular flexibility index (Phi) is 11.9. The Hall–Kier alpha value is -2.29. The SMILES string of the molecule is CCNC(=NCC(C)Oc1ccccc1)NCCc1cccc(C(=O)N(C)C)c1.I. The summed E-state index contributed by atoms with van der Waals surface area (Å²) >= 11 is 0. The van der Waals surface area contributed by atoms with Gasteiger partial charge < -0.3 is 20.3 Å². The number of halogens is 1. The van der Waals surface area contributed by atoms with E-state index in [9.17, 15) is 4.79 Å². The van der Waals surface area contributed by atoms with Gasteiger partial charge in [0.2, 0.25) is 0 Å². The highest BCUT2D eigenvalue weighted by Gasteiger charge is 2.08. The lowest BCUT2D eigenvalue weighted by Crippen LogP contribution is -2.39. The van der Waals surface area contributed by atoms with E-state index in [2.05, 4.69) is 15.6 Å². The number of nitrogens with zero attached hydrogens (tertiary/aromatic N) is 2.